The van der Waals surface area contributed by atoms with Gasteiger partial charge in [0.25, 0.3) is 11.8 Å². The van der Waals surface area contributed by atoms with E-state index >= 15 is 0 Å². The van der Waals surface area contributed by atoms with Gasteiger partial charge in [-0.15, -0.1) is 0 Å². The Balaban J connectivity index is 1.46. The summed E-state index contributed by atoms with van der Waals surface area (Å²) in [4.78, 5) is 29.7. The van der Waals surface area contributed by atoms with E-state index in [2.05, 4.69) is 15.5 Å². The van der Waals surface area contributed by atoms with Gasteiger partial charge in [0.2, 0.25) is 0 Å². The number of halogens is 1. The third kappa shape index (κ3) is 4.91. The van der Waals surface area contributed by atoms with E-state index in [0.717, 1.165) is 23.9 Å². The number of carbonyl (C=O) groups excluding carboxylic acids is 2. The topological polar surface area (TPSA) is 64.7 Å². The lowest BCUT2D eigenvalue weighted by molar-refractivity contribution is 0.0664. The minimum Gasteiger partial charge on any atom is -0.336 e. The van der Waals surface area contributed by atoms with E-state index in [1.807, 2.05) is 48.3 Å². The fourth-order valence-electron chi connectivity index (χ4n) is 3.69. The van der Waals surface area contributed by atoms with Crippen molar-refractivity contribution in [2.75, 3.05) is 38.5 Å². The quantitative estimate of drug-likeness (QED) is 0.571. The number of likely N-dealkylation sites (N-methyl/N-ethyl adjacent to an activating group) is 1. The van der Waals surface area contributed by atoms with Crippen molar-refractivity contribution >= 4 is 57.2 Å². The summed E-state index contributed by atoms with van der Waals surface area (Å²) in [6.45, 7) is 3.05. The third-order valence-corrected chi connectivity index (χ3v) is 6.05. The van der Waals surface area contributed by atoms with Crippen molar-refractivity contribution in [1.82, 2.24) is 15.1 Å². The summed E-state index contributed by atoms with van der Waals surface area (Å²) < 4.78 is 0. The number of carbonyl (C=O) groups is 2. The molecule has 1 saturated heterocycles. The predicted molar refractivity (Wildman–Crippen MR) is 132 cm³/mol. The molecule has 8 heteroatoms. The van der Waals surface area contributed by atoms with Crippen molar-refractivity contribution in [3.8, 4) is 0 Å². The number of nitrogens with zero attached hydrogens (tertiary/aromatic N) is 2. The molecule has 1 aliphatic heterocycles. The number of benzene rings is 3. The number of piperazine rings is 1. The monoisotopic (exact) mass is 466 g/mol. The summed E-state index contributed by atoms with van der Waals surface area (Å²) in [5.41, 5.74) is 1.51. The van der Waals surface area contributed by atoms with Gasteiger partial charge >= 0.3 is 0 Å². The highest BCUT2D eigenvalue weighted by Gasteiger charge is 2.21. The number of anilines is 1. The molecule has 32 heavy (non-hydrogen) atoms. The number of nitrogens with one attached hydrogen (secondary N) is 2. The Morgan fingerprint density at radius 2 is 1.69 bits per heavy atom. The zero-order chi connectivity index (χ0) is 22.7. The first kappa shape index (κ1) is 22.2. The SMILES string of the molecule is CN1CCN(C(=O)c2ccc(Cl)c(NC(=S)NC(=O)c3cccc4ccccc34)c2)CC1. The van der Waals surface area contributed by atoms with Crippen LogP contribution in [-0.4, -0.2) is 60.0 Å². The second-order valence-electron chi connectivity index (χ2n) is 7.73. The average Bonchev–Trinajstić information content (AvgIpc) is 2.80. The van der Waals surface area contributed by atoms with Gasteiger partial charge in [0.15, 0.2) is 5.11 Å². The van der Waals surface area contributed by atoms with E-state index in [-0.39, 0.29) is 16.9 Å². The lowest BCUT2D eigenvalue weighted by Crippen LogP contribution is -2.47. The summed E-state index contributed by atoms with van der Waals surface area (Å²) in [5, 5.41) is 7.98. The van der Waals surface area contributed by atoms with Crippen LogP contribution < -0.4 is 10.6 Å². The molecule has 1 aliphatic rings. The Hall–Kier alpha value is -3.00. The molecule has 0 unspecified atom stereocenters. The third-order valence-electron chi connectivity index (χ3n) is 5.51. The first-order valence-corrected chi connectivity index (χ1v) is 11.1. The molecule has 0 atom stereocenters. The van der Waals surface area contributed by atoms with E-state index in [0.29, 0.717) is 34.9 Å². The maximum absolute atomic E-state index is 12.9. The molecule has 1 fully saturated rings. The Morgan fingerprint density at radius 1 is 0.969 bits per heavy atom. The number of hydrogen-bond acceptors (Lipinski definition) is 4. The van der Waals surface area contributed by atoms with E-state index in [1.54, 1.807) is 24.3 Å². The zero-order valence-electron chi connectivity index (χ0n) is 17.6. The maximum atomic E-state index is 12.9. The highest BCUT2D eigenvalue weighted by molar-refractivity contribution is 7.80. The second kappa shape index (κ2) is 9.65. The standard InChI is InChI=1S/C24H23ClN4O2S/c1-28-11-13-29(14-12-28)23(31)17-9-10-20(25)21(15-17)26-24(32)27-22(30)19-8-4-6-16-5-2-3-7-18(16)19/h2-10,15H,11-14H2,1H3,(H2,26,27,30,32). The van der Waals surface area contributed by atoms with Crippen molar-refractivity contribution in [2.45, 2.75) is 0 Å². The molecule has 0 spiro atoms. The van der Waals surface area contributed by atoms with Crippen LogP contribution in [0.1, 0.15) is 20.7 Å². The average molecular weight is 467 g/mol. The van der Waals surface area contributed by atoms with Crippen LogP contribution in [0.15, 0.2) is 60.7 Å². The Bertz CT molecular complexity index is 1190. The second-order valence-corrected chi connectivity index (χ2v) is 8.54. The van der Waals surface area contributed by atoms with Gasteiger partial charge in [-0.2, -0.15) is 0 Å². The van der Waals surface area contributed by atoms with Gasteiger partial charge in [-0.1, -0.05) is 48.0 Å². The minimum absolute atomic E-state index is 0.0523. The van der Waals surface area contributed by atoms with Gasteiger partial charge < -0.3 is 15.1 Å². The summed E-state index contributed by atoms with van der Waals surface area (Å²) in [5.74, 6) is -0.372. The zero-order valence-corrected chi connectivity index (χ0v) is 19.2. The van der Waals surface area contributed by atoms with Crippen LogP contribution in [0.5, 0.6) is 0 Å². The van der Waals surface area contributed by atoms with Gasteiger partial charge in [-0.05, 0) is 54.3 Å². The molecule has 0 aromatic heterocycles. The van der Waals surface area contributed by atoms with Gasteiger partial charge in [0.05, 0.1) is 10.7 Å². The van der Waals surface area contributed by atoms with Crippen LogP contribution in [-0.2, 0) is 0 Å². The van der Waals surface area contributed by atoms with E-state index in [9.17, 15) is 9.59 Å². The first-order valence-electron chi connectivity index (χ1n) is 10.3. The summed E-state index contributed by atoms with van der Waals surface area (Å²) in [7, 11) is 2.04. The molecule has 6 nitrogen and oxygen atoms in total. The number of hydrogen-bond donors (Lipinski definition) is 2. The highest BCUT2D eigenvalue weighted by Crippen LogP contribution is 2.24. The van der Waals surface area contributed by atoms with Crippen molar-refractivity contribution < 1.29 is 9.59 Å². The molecule has 1 heterocycles. The molecular formula is C24H23ClN4O2S. The summed E-state index contributed by atoms with van der Waals surface area (Å²) in [6, 6.07) is 18.2. The molecule has 0 bridgehead atoms. The largest absolute Gasteiger partial charge is 0.336 e. The minimum atomic E-state index is -0.319. The lowest BCUT2D eigenvalue weighted by atomic mass is 10.0. The molecule has 3 aromatic rings. The fourth-order valence-corrected chi connectivity index (χ4v) is 4.06. The first-order chi connectivity index (χ1) is 15.4. The molecule has 164 valence electrons. The van der Waals surface area contributed by atoms with Gasteiger partial charge in [0, 0.05) is 37.3 Å². The molecule has 2 amide bonds. The van der Waals surface area contributed by atoms with Gasteiger partial charge in [-0.3, -0.25) is 14.9 Å². The molecule has 0 radical (unpaired) electrons. The molecule has 4 rings (SSSR count). The molecule has 0 saturated carbocycles. The molecule has 0 aliphatic carbocycles. The number of thiocarbonyl (C=S) groups is 1. The van der Waals surface area contributed by atoms with Crippen LogP contribution in [0.2, 0.25) is 5.02 Å². The van der Waals surface area contributed by atoms with Gasteiger partial charge in [-0.25, -0.2) is 0 Å². The lowest BCUT2D eigenvalue weighted by Gasteiger charge is -2.32. The van der Waals surface area contributed by atoms with Crippen LogP contribution in [0.3, 0.4) is 0 Å². The maximum Gasteiger partial charge on any atom is 0.258 e. The van der Waals surface area contributed by atoms with Crippen molar-refractivity contribution in [2.24, 2.45) is 0 Å². The normalized spacial score (nSPS) is 14.2. The number of amides is 2. The Kier molecular flexibility index (Phi) is 6.69. The molecule has 2 N–H and O–H groups in total. The van der Waals surface area contributed by atoms with Crippen LogP contribution in [0.4, 0.5) is 5.69 Å². The van der Waals surface area contributed by atoms with E-state index in [4.69, 9.17) is 23.8 Å². The smallest absolute Gasteiger partial charge is 0.258 e. The van der Waals surface area contributed by atoms with Crippen molar-refractivity contribution in [3.63, 3.8) is 0 Å². The summed E-state index contributed by atoms with van der Waals surface area (Å²) >= 11 is 11.7. The Labute approximate surface area is 197 Å². The van der Waals surface area contributed by atoms with Crippen molar-refractivity contribution in [1.29, 1.82) is 0 Å². The molecule has 3 aromatic carbocycles. The van der Waals surface area contributed by atoms with Gasteiger partial charge in [0.1, 0.15) is 0 Å². The van der Waals surface area contributed by atoms with Crippen LogP contribution in [0.25, 0.3) is 10.8 Å². The highest BCUT2D eigenvalue weighted by atomic mass is 35.5. The number of fused-ring (bicyclic) bond motifs is 1. The Morgan fingerprint density at radius 3 is 2.47 bits per heavy atom. The van der Waals surface area contributed by atoms with E-state index < -0.39 is 0 Å². The number of rotatable bonds is 3. The van der Waals surface area contributed by atoms with Crippen LogP contribution in [0, 0.1) is 0 Å². The van der Waals surface area contributed by atoms with Crippen LogP contribution >= 0.6 is 23.8 Å². The van der Waals surface area contributed by atoms with Crippen molar-refractivity contribution in [3.05, 3.63) is 76.8 Å². The predicted octanol–water partition coefficient (Wildman–Crippen LogP) is 4.01. The summed E-state index contributed by atoms with van der Waals surface area (Å²) in [6.07, 6.45) is 0. The van der Waals surface area contributed by atoms with E-state index in [1.165, 1.54) is 0 Å². The molecular weight excluding hydrogens is 444 g/mol. The fraction of sp³-hybridized carbons (Fsp3) is 0.208.